The van der Waals surface area contributed by atoms with Crippen LogP contribution in [-0.4, -0.2) is 17.3 Å². The molecule has 48 valence electrons. The van der Waals surface area contributed by atoms with Gasteiger partial charge in [-0.1, -0.05) is 13.8 Å². The smallest absolute Gasteiger partial charge is 0.0504 e. The molecule has 0 fully saturated rings. The minimum absolute atomic E-state index is 0.184. The fraction of sp³-hybridized carbons (Fsp3) is 0.800. The predicted octanol–water partition coefficient (Wildman–Crippen LogP) is 1.71. The summed E-state index contributed by atoms with van der Waals surface area (Å²) in [6.07, 6.45) is 1.42. The van der Waals surface area contributed by atoms with E-state index in [-0.39, 0.29) is 5.41 Å². The number of oxime groups is 1. The van der Waals surface area contributed by atoms with E-state index >= 15 is 0 Å². The van der Waals surface area contributed by atoms with Crippen LogP contribution in [0.5, 0.6) is 0 Å². The van der Waals surface area contributed by atoms with Gasteiger partial charge in [-0.25, -0.2) is 0 Å². The third-order valence-electron chi connectivity index (χ3n) is 0.752. The minimum atomic E-state index is -0.184. The van der Waals surface area contributed by atoms with Gasteiger partial charge in [-0.3, -0.25) is 0 Å². The molecule has 1 N–H and O–H groups in total. The maximum atomic E-state index is 8.04. The summed E-state index contributed by atoms with van der Waals surface area (Å²) in [6.45, 7) is 3.78. The van der Waals surface area contributed by atoms with Crippen LogP contribution in [0, 0.1) is 5.41 Å². The van der Waals surface area contributed by atoms with Crippen molar-refractivity contribution in [3.63, 3.8) is 0 Å². The van der Waals surface area contributed by atoms with E-state index in [4.69, 9.17) is 16.8 Å². The third kappa shape index (κ3) is 2.86. The molecule has 0 aromatic carbocycles. The number of hydrogen-bond acceptors (Lipinski definition) is 2. The van der Waals surface area contributed by atoms with Crippen LogP contribution in [-0.2, 0) is 0 Å². The first kappa shape index (κ1) is 7.76. The standard InChI is InChI=1S/C5H10ClNO/c1-5(2,3-6)4-7-8/h4,8H,3H2,1-2H3. The van der Waals surface area contributed by atoms with E-state index in [1.165, 1.54) is 6.21 Å². The molecule has 0 radical (unpaired) electrons. The van der Waals surface area contributed by atoms with Crippen LogP contribution < -0.4 is 0 Å². The highest BCUT2D eigenvalue weighted by atomic mass is 35.5. The Hall–Kier alpha value is -0.240. The first-order chi connectivity index (χ1) is 3.62. The molecule has 0 saturated carbocycles. The lowest BCUT2D eigenvalue weighted by atomic mass is 9.99. The Morgan fingerprint density at radius 1 is 1.75 bits per heavy atom. The zero-order chi connectivity index (χ0) is 6.62. The van der Waals surface area contributed by atoms with Gasteiger partial charge in [-0.05, 0) is 0 Å². The van der Waals surface area contributed by atoms with Crippen molar-refractivity contribution in [2.45, 2.75) is 13.8 Å². The summed E-state index contributed by atoms with van der Waals surface area (Å²) < 4.78 is 0. The highest BCUT2D eigenvalue weighted by Crippen LogP contribution is 2.12. The Morgan fingerprint density at radius 2 is 2.25 bits per heavy atom. The Balaban J connectivity index is 3.71. The number of hydrogen-bond donors (Lipinski definition) is 1. The lowest BCUT2D eigenvalue weighted by Crippen LogP contribution is -2.14. The highest BCUT2D eigenvalue weighted by Gasteiger charge is 2.12. The zero-order valence-corrected chi connectivity index (χ0v) is 5.81. The van der Waals surface area contributed by atoms with Crippen molar-refractivity contribution in [2.24, 2.45) is 10.6 Å². The van der Waals surface area contributed by atoms with Crippen LogP contribution in [0.1, 0.15) is 13.8 Å². The number of rotatable bonds is 2. The Morgan fingerprint density at radius 3 is 2.38 bits per heavy atom. The molecule has 3 heteroatoms. The molecule has 0 unspecified atom stereocenters. The van der Waals surface area contributed by atoms with E-state index in [1.807, 2.05) is 13.8 Å². The van der Waals surface area contributed by atoms with E-state index in [0.717, 1.165) is 0 Å². The number of halogens is 1. The first-order valence-electron chi connectivity index (χ1n) is 2.37. The SMILES string of the molecule is CC(C)(C=NO)CCl. The van der Waals surface area contributed by atoms with Crippen molar-refractivity contribution in [3.8, 4) is 0 Å². The molecule has 0 amide bonds. The average molecular weight is 136 g/mol. The molecular formula is C5H10ClNO. The van der Waals surface area contributed by atoms with Crippen molar-refractivity contribution >= 4 is 17.8 Å². The summed E-state index contributed by atoms with van der Waals surface area (Å²) in [4.78, 5) is 0. The van der Waals surface area contributed by atoms with E-state index in [2.05, 4.69) is 5.16 Å². The maximum Gasteiger partial charge on any atom is 0.0504 e. The van der Waals surface area contributed by atoms with Gasteiger partial charge >= 0.3 is 0 Å². The van der Waals surface area contributed by atoms with Gasteiger partial charge in [-0.15, -0.1) is 16.8 Å². The zero-order valence-electron chi connectivity index (χ0n) is 5.06. The number of alkyl halides is 1. The van der Waals surface area contributed by atoms with Crippen molar-refractivity contribution in [1.82, 2.24) is 0 Å². The Labute approximate surface area is 54.1 Å². The van der Waals surface area contributed by atoms with E-state index in [1.54, 1.807) is 0 Å². The summed E-state index contributed by atoms with van der Waals surface area (Å²) in [6, 6.07) is 0. The molecule has 0 rings (SSSR count). The van der Waals surface area contributed by atoms with Gasteiger partial charge in [0, 0.05) is 11.3 Å². The largest absolute Gasteiger partial charge is 0.411 e. The van der Waals surface area contributed by atoms with Crippen LogP contribution in [0.15, 0.2) is 5.16 Å². The van der Waals surface area contributed by atoms with Crippen LogP contribution in [0.25, 0.3) is 0 Å². The summed E-state index contributed by atoms with van der Waals surface area (Å²) in [5.74, 6) is 0.469. The van der Waals surface area contributed by atoms with Gasteiger partial charge in [-0.2, -0.15) is 0 Å². The fourth-order valence-corrected chi connectivity index (χ4v) is 0.260. The van der Waals surface area contributed by atoms with E-state index in [0.29, 0.717) is 5.88 Å². The summed E-state index contributed by atoms with van der Waals surface area (Å²) in [5, 5.41) is 10.9. The van der Waals surface area contributed by atoms with Gasteiger partial charge in [0.1, 0.15) is 0 Å². The molecule has 0 saturated heterocycles. The molecular weight excluding hydrogens is 126 g/mol. The normalized spacial score (nSPS) is 12.9. The molecule has 0 heterocycles. The quantitative estimate of drug-likeness (QED) is 0.266. The van der Waals surface area contributed by atoms with Crippen molar-refractivity contribution in [2.75, 3.05) is 5.88 Å². The third-order valence-corrected chi connectivity index (χ3v) is 1.44. The molecule has 2 nitrogen and oxygen atoms in total. The van der Waals surface area contributed by atoms with Crippen LogP contribution in [0.4, 0.5) is 0 Å². The van der Waals surface area contributed by atoms with Crippen LogP contribution in [0.2, 0.25) is 0 Å². The Bertz CT molecular complexity index is 90.4. The lowest BCUT2D eigenvalue weighted by Gasteiger charge is -2.11. The van der Waals surface area contributed by atoms with E-state index in [9.17, 15) is 0 Å². The molecule has 0 aliphatic carbocycles. The fourth-order valence-electron chi connectivity index (χ4n) is 0.191. The average Bonchev–Trinajstić information content (AvgIpc) is 1.67. The topological polar surface area (TPSA) is 32.6 Å². The lowest BCUT2D eigenvalue weighted by molar-refractivity contribution is 0.315. The molecule has 0 atom stereocenters. The summed E-state index contributed by atoms with van der Waals surface area (Å²) in [7, 11) is 0. The van der Waals surface area contributed by atoms with Crippen molar-refractivity contribution < 1.29 is 5.21 Å². The van der Waals surface area contributed by atoms with Gasteiger partial charge in [0.05, 0.1) is 6.21 Å². The minimum Gasteiger partial charge on any atom is -0.411 e. The van der Waals surface area contributed by atoms with Crippen molar-refractivity contribution in [3.05, 3.63) is 0 Å². The van der Waals surface area contributed by atoms with Gasteiger partial charge < -0.3 is 5.21 Å². The van der Waals surface area contributed by atoms with Crippen molar-refractivity contribution in [1.29, 1.82) is 0 Å². The van der Waals surface area contributed by atoms with E-state index < -0.39 is 0 Å². The second-order valence-electron chi connectivity index (χ2n) is 2.37. The summed E-state index contributed by atoms with van der Waals surface area (Å²) in [5.41, 5.74) is -0.184. The second-order valence-corrected chi connectivity index (χ2v) is 2.63. The van der Waals surface area contributed by atoms with Gasteiger partial charge in [0.2, 0.25) is 0 Å². The van der Waals surface area contributed by atoms with Crippen LogP contribution in [0.3, 0.4) is 0 Å². The summed E-state index contributed by atoms with van der Waals surface area (Å²) >= 11 is 5.47. The molecule has 0 aliphatic rings. The molecule has 0 aromatic rings. The van der Waals surface area contributed by atoms with Gasteiger partial charge in [0.25, 0.3) is 0 Å². The maximum absolute atomic E-state index is 8.04. The molecule has 0 aromatic heterocycles. The number of nitrogens with zero attached hydrogens (tertiary/aromatic N) is 1. The predicted molar refractivity (Wildman–Crippen MR) is 34.8 cm³/mol. The van der Waals surface area contributed by atoms with Crippen LogP contribution >= 0.6 is 11.6 Å². The molecule has 8 heavy (non-hydrogen) atoms. The molecule has 0 spiro atoms. The second kappa shape index (κ2) is 2.92. The molecule has 0 aliphatic heterocycles. The monoisotopic (exact) mass is 135 g/mol. The first-order valence-corrected chi connectivity index (χ1v) is 2.90. The molecule has 0 bridgehead atoms. The highest BCUT2D eigenvalue weighted by molar-refractivity contribution is 6.19. The Kier molecular flexibility index (Phi) is 2.84. The van der Waals surface area contributed by atoms with Gasteiger partial charge in [0.15, 0.2) is 0 Å².